The minimum absolute atomic E-state index is 0.0388. The minimum atomic E-state index is -4.89. The van der Waals surface area contributed by atoms with E-state index in [4.69, 9.17) is 16.3 Å². The second-order valence-electron chi connectivity index (χ2n) is 7.67. The summed E-state index contributed by atoms with van der Waals surface area (Å²) in [6.45, 7) is 4.84. The average Bonchev–Trinajstić information content (AvgIpc) is 2.60. The lowest BCUT2D eigenvalue weighted by molar-refractivity contribution is -0.137. The minimum Gasteiger partial charge on any atom is -0.442 e. The van der Waals surface area contributed by atoms with Gasteiger partial charge in [0.15, 0.2) is 0 Å². The molecule has 6 nitrogen and oxygen atoms in total. The van der Waals surface area contributed by atoms with Crippen molar-refractivity contribution in [1.82, 2.24) is 0 Å². The zero-order valence-corrected chi connectivity index (χ0v) is 18.9. The van der Waals surface area contributed by atoms with Crippen LogP contribution in [0.5, 0.6) is 0 Å². The molecule has 0 saturated carbocycles. The Morgan fingerprint density at radius 2 is 1.75 bits per heavy atom. The molecule has 2 aromatic rings. The van der Waals surface area contributed by atoms with Crippen LogP contribution < -0.4 is 5.32 Å². The summed E-state index contributed by atoms with van der Waals surface area (Å²) in [6, 6.07) is 6.09. The van der Waals surface area contributed by atoms with E-state index in [2.05, 4.69) is 9.68 Å². The van der Waals surface area contributed by atoms with Gasteiger partial charge in [0.25, 0.3) is 5.91 Å². The number of rotatable bonds is 3. The lowest BCUT2D eigenvalue weighted by Crippen LogP contribution is -2.22. The fourth-order valence-corrected chi connectivity index (χ4v) is 3.80. The predicted octanol–water partition coefficient (Wildman–Crippen LogP) is 6.14. The van der Waals surface area contributed by atoms with E-state index in [-0.39, 0.29) is 16.6 Å². The molecular formula is C20H19ClF4N2O4S. The van der Waals surface area contributed by atoms with Crippen LogP contribution in [0.3, 0.4) is 0 Å². The van der Waals surface area contributed by atoms with E-state index in [1.165, 1.54) is 30.5 Å². The maximum absolute atomic E-state index is 14.1. The maximum Gasteiger partial charge on any atom is 0.442 e. The number of hydrogen-bond acceptors (Lipinski definition) is 4. The summed E-state index contributed by atoms with van der Waals surface area (Å²) in [5.41, 5.74) is -2.94. The van der Waals surface area contributed by atoms with E-state index in [1.54, 1.807) is 20.8 Å². The summed E-state index contributed by atoms with van der Waals surface area (Å²) in [5, 5.41) is 1.44. The van der Waals surface area contributed by atoms with Gasteiger partial charge in [0.1, 0.15) is 11.4 Å². The topological polar surface area (TPSA) is 84.8 Å². The van der Waals surface area contributed by atoms with Gasteiger partial charge in [-0.2, -0.15) is 13.2 Å². The first-order chi connectivity index (χ1) is 14.5. The Kier molecular flexibility index (Phi) is 7.25. The van der Waals surface area contributed by atoms with Crippen molar-refractivity contribution >= 4 is 39.0 Å². The van der Waals surface area contributed by atoms with Crippen LogP contribution in [0, 0.1) is 5.82 Å². The van der Waals surface area contributed by atoms with E-state index in [0.29, 0.717) is 6.07 Å². The van der Waals surface area contributed by atoms with Crippen LogP contribution in [0.4, 0.5) is 28.0 Å². The van der Waals surface area contributed by atoms with Crippen molar-refractivity contribution in [2.45, 2.75) is 37.4 Å². The van der Waals surface area contributed by atoms with Crippen molar-refractivity contribution in [3.63, 3.8) is 0 Å². The Morgan fingerprint density at radius 1 is 1.12 bits per heavy atom. The molecule has 0 radical (unpaired) electrons. The number of carbonyl (C=O) groups is 2. The Hall–Kier alpha value is -2.66. The van der Waals surface area contributed by atoms with E-state index in [0.717, 1.165) is 0 Å². The number of nitrogens with zero attached hydrogens (tertiary/aromatic N) is 1. The van der Waals surface area contributed by atoms with Gasteiger partial charge < -0.3 is 10.1 Å². The van der Waals surface area contributed by atoms with E-state index in [9.17, 15) is 31.4 Å². The highest BCUT2D eigenvalue weighted by Gasteiger charge is 2.35. The van der Waals surface area contributed by atoms with Crippen LogP contribution in [-0.4, -0.2) is 28.1 Å². The number of ether oxygens (including phenoxy) is 1. The summed E-state index contributed by atoms with van der Waals surface area (Å²) in [4.78, 5) is 24.3. The molecule has 1 N–H and O–H groups in total. The summed E-state index contributed by atoms with van der Waals surface area (Å²) in [5.74, 6) is -2.50. The first-order valence-corrected chi connectivity index (χ1v) is 11.2. The second kappa shape index (κ2) is 9.07. The summed E-state index contributed by atoms with van der Waals surface area (Å²) in [7, 11) is -3.26. The third-order valence-corrected chi connectivity index (χ3v) is 5.72. The molecule has 0 aliphatic rings. The molecule has 0 unspecified atom stereocenters. The first-order valence-electron chi connectivity index (χ1n) is 8.92. The lowest BCUT2D eigenvalue weighted by Gasteiger charge is -2.17. The van der Waals surface area contributed by atoms with Crippen LogP contribution in [0.1, 0.15) is 36.7 Å². The SMILES string of the molecule is CC(C)(C)OC(=O)N=[S@](C)(=O)c1cccc(NC(=O)c2cc(Cl)c(C(F)(F)F)cc2F)c1. The smallest absolute Gasteiger partial charge is 0.442 e. The average molecular weight is 495 g/mol. The number of carbonyl (C=O) groups excluding carboxylic acids is 2. The van der Waals surface area contributed by atoms with Crippen LogP contribution >= 0.6 is 11.6 Å². The normalized spacial score (nSPS) is 13.8. The molecule has 0 aliphatic heterocycles. The predicted molar refractivity (Wildman–Crippen MR) is 112 cm³/mol. The van der Waals surface area contributed by atoms with Crippen molar-refractivity contribution in [2.24, 2.45) is 4.36 Å². The number of hydrogen-bond donors (Lipinski definition) is 1. The molecule has 2 aromatic carbocycles. The molecule has 0 heterocycles. The summed E-state index contributed by atoms with van der Waals surface area (Å²) >= 11 is 5.55. The molecule has 0 saturated heterocycles. The van der Waals surface area contributed by atoms with E-state index in [1.807, 2.05) is 0 Å². The molecule has 2 rings (SSSR count). The number of amides is 2. The first kappa shape index (κ1) is 25.6. The van der Waals surface area contributed by atoms with Gasteiger partial charge in [0.2, 0.25) is 0 Å². The number of halogens is 5. The third-order valence-electron chi connectivity index (χ3n) is 3.78. The van der Waals surface area contributed by atoms with Gasteiger partial charge in [-0.25, -0.2) is 13.4 Å². The van der Waals surface area contributed by atoms with Crippen LogP contribution in [-0.2, 0) is 20.6 Å². The highest BCUT2D eigenvalue weighted by Crippen LogP contribution is 2.36. The molecule has 174 valence electrons. The van der Waals surface area contributed by atoms with Crippen LogP contribution in [0.15, 0.2) is 45.7 Å². The van der Waals surface area contributed by atoms with Gasteiger partial charge in [0.05, 0.1) is 25.9 Å². The number of nitrogens with one attached hydrogen (secondary N) is 1. The zero-order valence-electron chi connectivity index (χ0n) is 17.3. The van der Waals surface area contributed by atoms with Gasteiger partial charge in [-0.3, -0.25) is 4.79 Å². The fourth-order valence-electron chi connectivity index (χ4n) is 2.42. The van der Waals surface area contributed by atoms with Gasteiger partial charge >= 0.3 is 12.3 Å². The van der Waals surface area contributed by atoms with E-state index >= 15 is 0 Å². The van der Waals surface area contributed by atoms with Crippen molar-refractivity contribution < 1.29 is 36.1 Å². The number of anilines is 1. The molecule has 0 spiro atoms. The summed E-state index contributed by atoms with van der Waals surface area (Å²) in [6.07, 6.45) is -4.74. The summed E-state index contributed by atoms with van der Waals surface area (Å²) < 4.78 is 74.1. The molecule has 32 heavy (non-hydrogen) atoms. The monoisotopic (exact) mass is 494 g/mol. The zero-order chi connectivity index (χ0) is 24.5. The molecule has 0 bridgehead atoms. The number of benzene rings is 2. The van der Waals surface area contributed by atoms with Crippen molar-refractivity contribution in [2.75, 3.05) is 11.6 Å². The molecule has 0 fully saturated rings. The van der Waals surface area contributed by atoms with Crippen LogP contribution in [0.2, 0.25) is 5.02 Å². The number of alkyl halides is 3. The molecule has 2 amide bonds. The largest absolute Gasteiger partial charge is 0.442 e. The van der Waals surface area contributed by atoms with Crippen molar-refractivity contribution in [1.29, 1.82) is 0 Å². The maximum atomic E-state index is 14.1. The lowest BCUT2D eigenvalue weighted by atomic mass is 10.1. The molecule has 1 atom stereocenters. The van der Waals surface area contributed by atoms with Gasteiger partial charge in [-0.05, 0) is 51.1 Å². The quantitative estimate of drug-likeness (QED) is 0.519. The second-order valence-corrected chi connectivity index (χ2v) is 10.3. The molecule has 12 heteroatoms. The Labute approximate surface area is 187 Å². The Balaban J connectivity index is 2.32. The van der Waals surface area contributed by atoms with Crippen molar-refractivity contribution in [3.05, 3.63) is 58.4 Å². The fraction of sp³-hybridized carbons (Fsp3) is 0.300. The molecule has 0 aromatic heterocycles. The van der Waals surface area contributed by atoms with Crippen LogP contribution in [0.25, 0.3) is 0 Å². The van der Waals surface area contributed by atoms with Gasteiger partial charge in [-0.15, -0.1) is 4.36 Å². The Morgan fingerprint density at radius 3 is 2.31 bits per heavy atom. The highest BCUT2D eigenvalue weighted by molar-refractivity contribution is 7.93. The Bertz CT molecular complexity index is 1180. The van der Waals surface area contributed by atoms with Gasteiger partial charge in [-0.1, -0.05) is 17.7 Å². The van der Waals surface area contributed by atoms with Crippen molar-refractivity contribution in [3.8, 4) is 0 Å². The standard InChI is InChI=1S/C20H19ClF4N2O4S/c1-19(2,3)31-18(29)27-32(4,30)12-7-5-6-11(8-12)26-17(28)13-9-15(21)14(10-16(13)22)20(23,24)25/h5-10H,1-4H3,(H,26,28)/t32-/m1/s1. The molecular weight excluding hydrogens is 476 g/mol. The van der Waals surface area contributed by atoms with Gasteiger partial charge in [0, 0.05) is 16.8 Å². The highest BCUT2D eigenvalue weighted by atomic mass is 35.5. The van der Waals surface area contributed by atoms with E-state index < -0.39 is 55.5 Å². The third kappa shape index (κ3) is 6.67. The molecule has 0 aliphatic carbocycles.